The van der Waals surface area contributed by atoms with E-state index in [1.165, 1.54) is 21.9 Å². The Hall–Kier alpha value is -6.98. The maximum absolute atomic E-state index is 9.32. The van der Waals surface area contributed by atoms with E-state index in [1.54, 1.807) is 0 Å². The Morgan fingerprint density at radius 3 is 1.69 bits per heavy atom. The van der Waals surface area contributed by atoms with Crippen LogP contribution in [0.25, 0.3) is 77.8 Å². The van der Waals surface area contributed by atoms with Crippen LogP contribution < -0.4 is 4.90 Å². The number of hydrogen-bond donors (Lipinski definition) is 0. The predicted molar refractivity (Wildman–Crippen MR) is 212 cm³/mol. The van der Waals surface area contributed by atoms with E-state index < -0.39 is 0 Å². The number of hydrogen-bond acceptors (Lipinski definition) is 5. The Bertz CT molecular complexity index is 2800. The van der Waals surface area contributed by atoms with Crippen molar-refractivity contribution >= 4 is 60.8 Å². The van der Waals surface area contributed by atoms with Gasteiger partial charge in [0.25, 0.3) is 0 Å². The second-order valence-corrected chi connectivity index (χ2v) is 13.1. The highest BCUT2D eigenvalue weighted by Gasteiger charge is 2.17. The normalized spacial score (nSPS) is 11.8. The zero-order valence-electron chi connectivity index (χ0n) is 29.2. The number of para-hydroxylation sites is 4. The first-order chi connectivity index (χ1) is 26.0. The van der Waals surface area contributed by atoms with E-state index in [0.29, 0.717) is 17.8 Å². The molecule has 52 heavy (non-hydrogen) atoms. The Kier molecular flexibility index (Phi) is 6.71. The number of anilines is 3. The predicted octanol–water partition coefficient (Wildman–Crippen LogP) is 13.1. The van der Waals surface area contributed by atoms with E-state index in [0.717, 1.165) is 66.7 Å². The SMILES string of the molecule is [2H]c1cc(N(c2ccc(-c3nc4ccccc4o3)cc2)c2ccc(-c3nc4ccccc4o3)cc2)cc2ccc(-c3cc(C)cc4ccccc34)cc12. The van der Waals surface area contributed by atoms with Gasteiger partial charge >= 0.3 is 0 Å². The Morgan fingerprint density at radius 1 is 0.481 bits per heavy atom. The van der Waals surface area contributed by atoms with E-state index >= 15 is 0 Å². The molecule has 8 aromatic carbocycles. The minimum absolute atomic E-state index is 0.451. The van der Waals surface area contributed by atoms with Gasteiger partial charge in [-0.3, -0.25) is 0 Å². The van der Waals surface area contributed by atoms with Gasteiger partial charge in [0.1, 0.15) is 11.0 Å². The lowest BCUT2D eigenvalue weighted by atomic mass is 9.94. The molecule has 0 aliphatic rings. The molecule has 0 bridgehead atoms. The number of aryl methyl sites for hydroxylation is 1. The van der Waals surface area contributed by atoms with Gasteiger partial charge in [-0.25, -0.2) is 9.97 Å². The zero-order chi connectivity index (χ0) is 35.5. The lowest BCUT2D eigenvalue weighted by Crippen LogP contribution is -2.09. The number of nitrogens with zero attached hydrogens (tertiary/aromatic N) is 3. The van der Waals surface area contributed by atoms with Gasteiger partial charge in [-0.1, -0.05) is 78.8 Å². The standard InChI is InChI=1S/C47H31N3O2/c1-30-26-35-8-2-3-9-40(35)41(27-30)36-15-14-34-29-39(25-20-33(34)28-36)50(37-21-16-31(17-22-37)46-48-42-10-4-6-12-44(42)51-46)38-23-18-32(19-24-38)47-49-43-11-5-7-13-45(43)52-47/h2-29H,1H3/i20D. The molecule has 10 aromatic rings. The van der Waals surface area contributed by atoms with Crippen LogP contribution in [0, 0.1) is 6.92 Å². The van der Waals surface area contributed by atoms with Crippen molar-refractivity contribution in [2.75, 3.05) is 4.90 Å². The van der Waals surface area contributed by atoms with Gasteiger partial charge < -0.3 is 13.7 Å². The first-order valence-electron chi connectivity index (χ1n) is 17.8. The summed E-state index contributed by atoms with van der Waals surface area (Å²) in [5.74, 6) is 1.15. The fraction of sp³-hybridized carbons (Fsp3) is 0.0213. The molecule has 246 valence electrons. The summed E-state index contributed by atoms with van der Waals surface area (Å²) < 4.78 is 21.5. The zero-order valence-corrected chi connectivity index (χ0v) is 28.2. The third-order valence-electron chi connectivity index (χ3n) is 9.64. The first-order valence-corrected chi connectivity index (χ1v) is 17.3. The summed E-state index contributed by atoms with van der Waals surface area (Å²) in [6.07, 6.45) is 0. The molecule has 0 saturated carbocycles. The summed E-state index contributed by atoms with van der Waals surface area (Å²) in [6, 6.07) is 55.9. The second kappa shape index (κ2) is 12.1. The first kappa shape index (κ1) is 28.8. The van der Waals surface area contributed by atoms with Gasteiger partial charge in [-0.15, -0.1) is 0 Å². The average molecular weight is 671 g/mol. The summed E-state index contributed by atoms with van der Waals surface area (Å²) >= 11 is 0. The molecule has 0 saturated heterocycles. The molecule has 10 rings (SSSR count). The molecular formula is C47H31N3O2. The average Bonchev–Trinajstić information content (AvgIpc) is 3.83. The maximum Gasteiger partial charge on any atom is 0.227 e. The Morgan fingerprint density at radius 2 is 1.06 bits per heavy atom. The maximum atomic E-state index is 9.32. The van der Waals surface area contributed by atoms with Crippen LogP contribution in [0.3, 0.4) is 0 Å². The molecule has 0 spiro atoms. The summed E-state index contributed by atoms with van der Waals surface area (Å²) in [4.78, 5) is 11.6. The summed E-state index contributed by atoms with van der Waals surface area (Å²) in [5, 5.41) is 4.30. The van der Waals surface area contributed by atoms with Crippen LogP contribution in [0.5, 0.6) is 0 Å². The molecule has 0 fully saturated rings. The van der Waals surface area contributed by atoms with Crippen LogP contribution in [-0.2, 0) is 0 Å². The highest BCUT2D eigenvalue weighted by Crippen LogP contribution is 2.39. The number of fused-ring (bicyclic) bond motifs is 4. The molecule has 2 aromatic heterocycles. The van der Waals surface area contributed by atoms with Crippen LogP contribution in [-0.4, -0.2) is 9.97 Å². The highest BCUT2D eigenvalue weighted by atomic mass is 16.4. The summed E-state index contributed by atoms with van der Waals surface area (Å²) in [7, 11) is 0. The monoisotopic (exact) mass is 670 g/mol. The van der Waals surface area contributed by atoms with Crippen LogP contribution in [0.4, 0.5) is 17.1 Å². The molecule has 0 N–H and O–H groups in total. The number of rotatable bonds is 6. The Balaban J connectivity index is 1.07. The number of oxazole rings is 2. The molecule has 0 aliphatic heterocycles. The minimum Gasteiger partial charge on any atom is -0.436 e. The summed E-state index contributed by atoms with van der Waals surface area (Å²) in [5.41, 5.74) is 11.1. The van der Waals surface area contributed by atoms with E-state index in [2.05, 4.69) is 96.8 Å². The van der Waals surface area contributed by atoms with Crippen LogP contribution in [0.15, 0.2) is 179 Å². The number of aromatic nitrogens is 2. The topological polar surface area (TPSA) is 55.3 Å². The van der Waals surface area contributed by atoms with Gasteiger partial charge in [-0.05, 0) is 136 Å². The third-order valence-corrected chi connectivity index (χ3v) is 9.64. The van der Waals surface area contributed by atoms with Gasteiger partial charge in [0, 0.05) is 28.2 Å². The Labute approximate surface area is 301 Å². The van der Waals surface area contributed by atoms with Crippen LogP contribution >= 0.6 is 0 Å². The molecule has 5 heteroatoms. The molecule has 2 heterocycles. The lowest BCUT2D eigenvalue weighted by molar-refractivity contribution is 0.619. The van der Waals surface area contributed by atoms with Crippen molar-refractivity contribution in [2.24, 2.45) is 0 Å². The molecule has 0 unspecified atom stereocenters. The molecule has 0 aliphatic carbocycles. The van der Waals surface area contributed by atoms with E-state index in [9.17, 15) is 1.37 Å². The molecule has 5 nitrogen and oxygen atoms in total. The molecular weight excluding hydrogens is 639 g/mol. The van der Waals surface area contributed by atoms with E-state index in [-0.39, 0.29) is 0 Å². The van der Waals surface area contributed by atoms with Crippen molar-refractivity contribution in [3.8, 4) is 34.0 Å². The van der Waals surface area contributed by atoms with Gasteiger partial charge in [0.2, 0.25) is 11.8 Å². The van der Waals surface area contributed by atoms with Crippen molar-refractivity contribution < 1.29 is 10.2 Å². The molecule has 0 atom stereocenters. The van der Waals surface area contributed by atoms with Gasteiger partial charge in [0.15, 0.2) is 11.2 Å². The molecule has 0 amide bonds. The van der Waals surface area contributed by atoms with Crippen LogP contribution in [0.2, 0.25) is 0 Å². The lowest BCUT2D eigenvalue weighted by Gasteiger charge is -2.26. The summed E-state index contributed by atoms with van der Waals surface area (Å²) in [6.45, 7) is 2.13. The van der Waals surface area contributed by atoms with Crippen LogP contribution in [0.1, 0.15) is 6.93 Å². The van der Waals surface area contributed by atoms with Crippen molar-refractivity contribution in [3.05, 3.63) is 175 Å². The van der Waals surface area contributed by atoms with E-state index in [1.807, 2.05) is 78.9 Å². The van der Waals surface area contributed by atoms with Gasteiger partial charge in [0.05, 0.1) is 1.37 Å². The van der Waals surface area contributed by atoms with Gasteiger partial charge in [-0.2, -0.15) is 0 Å². The number of benzene rings is 8. The third kappa shape index (κ3) is 5.27. The fourth-order valence-electron chi connectivity index (χ4n) is 7.10. The minimum atomic E-state index is 0.451. The second-order valence-electron chi connectivity index (χ2n) is 13.1. The van der Waals surface area contributed by atoms with E-state index in [4.69, 9.17) is 18.8 Å². The molecule has 0 radical (unpaired) electrons. The van der Waals surface area contributed by atoms with Crippen molar-refractivity contribution in [3.63, 3.8) is 0 Å². The fourth-order valence-corrected chi connectivity index (χ4v) is 7.10. The van der Waals surface area contributed by atoms with Crippen molar-refractivity contribution in [2.45, 2.75) is 6.92 Å². The smallest absolute Gasteiger partial charge is 0.227 e. The highest BCUT2D eigenvalue weighted by molar-refractivity contribution is 6.00. The largest absolute Gasteiger partial charge is 0.436 e. The van der Waals surface area contributed by atoms with Crippen molar-refractivity contribution in [1.82, 2.24) is 9.97 Å². The quantitative estimate of drug-likeness (QED) is 0.176. The van der Waals surface area contributed by atoms with Crippen molar-refractivity contribution in [1.29, 1.82) is 0 Å².